The fourth-order valence-electron chi connectivity index (χ4n) is 1.36. The highest BCUT2D eigenvalue weighted by atomic mass is 32.2. The van der Waals surface area contributed by atoms with Crippen LogP contribution in [0.5, 0.6) is 0 Å². The van der Waals surface area contributed by atoms with E-state index in [2.05, 4.69) is 15.1 Å². The second kappa shape index (κ2) is 8.13. The van der Waals surface area contributed by atoms with Gasteiger partial charge in [-0.2, -0.15) is 0 Å². The van der Waals surface area contributed by atoms with Crippen LogP contribution in [-0.2, 0) is 16.1 Å². The molecule has 7 nitrogen and oxygen atoms in total. The Morgan fingerprint density at radius 3 is 2.79 bits per heavy atom. The Bertz CT molecular complexity index is 409. The van der Waals surface area contributed by atoms with Crippen molar-refractivity contribution in [3.05, 3.63) is 5.82 Å². The highest BCUT2D eigenvalue weighted by Gasteiger charge is 2.10. The number of aromatic nitrogens is 3. The van der Waals surface area contributed by atoms with E-state index in [-0.39, 0.29) is 5.75 Å². The molecular formula is C11H20N4O3S. The Hall–Kier alpha value is -1.12. The maximum Gasteiger partial charge on any atom is 0.313 e. The van der Waals surface area contributed by atoms with E-state index in [4.69, 9.17) is 9.84 Å². The lowest BCUT2D eigenvalue weighted by atomic mass is 10.6. The average molecular weight is 288 g/mol. The fraction of sp³-hybridized carbons (Fsp3) is 0.727. The molecule has 108 valence electrons. The van der Waals surface area contributed by atoms with Gasteiger partial charge in [0.2, 0.25) is 0 Å². The number of thioether (sulfide) groups is 1. The number of ether oxygens (including phenoxy) is 1. The normalized spacial score (nSPS) is 11.2. The first-order chi connectivity index (χ1) is 9.00. The number of aliphatic carboxylic acids is 1. The molecule has 0 aromatic carbocycles. The molecule has 0 saturated heterocycles. The molecular weight excluding hydrogens is 268 g/mol. The van der Waals surface area contributed by atoms with Crippen molar-refractivity contribution in [1.29, 1.82) is 0 Å². The number of rotatable bonds is 9. The molecule has 0 saturated carbocycles. The van der Waals surface area contributed by atoms with E-state index in [1.807, 2.05) is 25.6 Å². The second-order valence-corrected chi connectivity index (χ2v) is 5.22. The summed E-state index contributed by atoms with van der Waals surface area (Å²) in [7, 11) is 3.99. The van der Waals surface area contributed by atoms with Gasteiger partial charge >= 0.3 is 5.97 Å². The van der Waals surface area contributed by atoms with Gasteiger partial charge in [0.15, 0.2) is 5.16 Å². The van der Waals surface area contributed by atoms with E-state index < -0.39 is 5.97 Å². The van der Waals surface area contributed by atoms with E-state index in [0.717, 1.165) is 12.4 Å². The van der Waals surface area contributed by atoms with Crippen molar-refractivity contribution >= 4 is 17.7 Å². The number of aryl methyl sites for hydroxylation is 1. The molecule has 1 aromatic rings. The van der Waals surface area contributed by atoms with Crippen molar-refractivity contribution in [3.8, 4) is 0 Å². The van der Waals surface area contributed by atoms with E-state index in [9.17, 15) is 4.79 Å². The molecule has 0 unspecified atom stereocenters. The first-order valence-electron chi connectivity index (χ1n) is 5.97. The van der Waals surface area contributed by atoms with Crippen molar-refractivity contribution in [2.45, 2.75) is 18.6 Å². The van der Waals surface area contributed by atoms with Crippen LogP contribution in [0.25, 0.3) is 0 Å². The first-order valence-corrected chi connectivity index (χ1v) is 6.96. The molecule has 0 bridgehead atoms. The van der Waals surface area contributed by atoms with Crippen molar-refractivity contribution < 1.29 is 14.6 Å². The highest BCUT2D eigenvalue weighted by Crippen LogP contribution is 2.16. The first kappa shape index (κ1) is 15.9. The number of hydrogen-bond donors (Lipinski definition) is 1. The van der Waals surface area contributed by atoms with Crippen LogP contribution in [0.1, 0.15) is 5.82 Å². The Kier molecular flexibility index (Phi) is 6.82. The van der Waals surface area contributed by atoms with Gasteiger partial charge in [-0.05, 0) is 21.0 Å². The zero-order valence-corrected chi connectivity index (χ0v) is 12.3. The summed E-state index contributed by atoms with van der Waals surface area (Å²) in [5.74, 6) is -0.108. The molecule has 0 amide bonds. The van der Waals surface area contributed by atoms with Crippen LogP contribution in [0.2, 0.25) is 0 Å². The van der Waals surface area contributed by atoms with E-state index in [0.29, 0.717) is 24.9 Å². The van der Waals surface area contributed by atoms with Gasteiger partial charge in [-0.1, -0.05) is 11.8 Å². The molecule has 1 aromatic heterocycles. The fourth-order valence-corrected chi connectivity index (χ4v) is 2.09. The largest absolute Gasteiger partial charge is 0.481 e. The zero-order chi connectivity index (χ0) is 14.3. The number of carbonyl (C=O) groups is 1. The van der Waals surface area contributed by atoms with Gasteiger partial charge in [-0.15, -0.1) is 10.2 Å². The Morgan fingerprint density at radius 2 is 2.16 bits per heavy atom. The van der Waals surface area contributed by atoms with Gasteiger partial charge in [0, 0.05) is 13.1 Å². The lowest BCUT2D eigenvalue weighted by Crippen LogP contribution is -2.19. The molecule has 0 spiro atoms. The maximum absolute atomic E-state index is 10.5. The molecule has 0 fully saturated rings. The van der Waals surface area contributed by atoms with Crippen LogP contribution in [0, 0.1) is 6.92 Å². The van der Waals surface area contributed by atoms with Gasteiger partial charge in [0.05, 0.1) is 19.0 Å². The van der Waals surface area contributed by atoms with Crippen LogP contribution in [-0.4, -0.2) is 70.3 Å². The van der Waals surface area contributed by atoms with Crippen LogP contribution in [0.4, 0.5) is 0 Å². The number of carboxylic acids is 1. The number of carboxylic acid groups (broad SMARTS) is 1. The molecule has 0 aliphatic heterocycles. The second-order valence-electron chi connectivity index (χ2n) is 4.28. The van der Waals surface area contributed by atoms with E-state index >= 15 is 0 Å². The molecule has 0 aliphatic rings. The molecule has 8 heteroatoms. The van der Waals surface area contributed by atoms with Crippen molar-refractivity contribution in [1.82, 2.24) is 19.7 Å². The molecule has 19 heavy (non-hydrogen) atoms. The standard InChI is InChI=1S/C11H20N4O3S/c1-9-12-13-11(19-8-10(16)17)15(9)5-7-18-6-4-14(2)3/h4-8H2,1-3H3,(H,16,17). The average Bonchev–Trinajstić information content (AvgIpc) is 2.67. The Balaban J connectivity index is 2.39. The summed E-state index contributed by atoms with van der Waals surface area (Å²) in [6.45, 7) is 4.59. The minimum absolute atomic E-state index is 0.0143. The minimum atomic E-state index is -0.862. The Labute approximate surface area is 116 Å². The summed E-state index contributed by atoms with van der Waals surface area (Å²) < 4.78 is 7.39. The predicted octanol–water partition coefficient (Wildman–Crippen LogP) is 0.341. The summed E-state index contributed by atoms with van der Waals surface area (Å²) in [5.41, 5.74) is 0. The van der Waals surface area contributed by atoms with Gasteiger partial charge < -0.3 is 19.3 Å². The third-order valence-corrected chi connectivity index (χ3v) is 3.32. The minimum Gasteiger partial charge on any atom is -0.481 e. The van der Waals surface area contributed by atoms with E-state index in [1.165, 1.54) is 11.8 Å². The predicted molar refractivity (Wildman–Crippen MR) is 72.5 cm³/mol. The zero-order valence-electron chi connectivity index (χ0n) is 11.5. The van der Waals surface area contributed by atoms with Gasteiger partial charge in [-0.25, -0.2) is 0 Å². The molecule has 0 atom stereocenters. The molecule has 1 heterocycles. The van der Waals surface area contributed by atoms with Crippen LogP contribution in [0.15, 0.2) is 5.16 Å². The van der Waals surface area contributed by atoms with Crippen LogP contribution >= 0.6 is 11.8 Å². The molecule has 1 rings (SSSR count). The van der Waals surface area contributed by atoms with Gasteiger partial charge in [0.25, 0.3) is 0 Å². The van der Waals surface area contributed by atoms with Crippen molar-refractivity contribution in [2.24, 2.45) is 0 Å². The van der Waals surface area contributed by atoms with Gasteiger partial charge in [0.1, 0.15) is 5.82 Å². The monoisotopic (exact) mass is 288 g/mol. The number of nitrogens with zero attached hydrogens (tertiary/aromatic N) is 4. The number of likely N-dealkylation sites (N-methyl/N-ethyl adjacent to an activating group) is 1. The number of hydrogen-bond acceptors (Lipinski definition) is 6. The third-order valence-electron chi connectivity index (χ3n) is 2.37. The topological polar surface area (TPSA) is 80.5 Å². The van der Waals surface area contributed by atoms with Crippen LogP contribution < -0.4 is 0 Å². The SMILES string of the molecule is Cc1nnc(SCC(=O)O)n1CCOCCN(C)C. The summed E-state index contributed by atoms with van der Waals surface area (Å²) >= 11 is 1.17. The molecule has 0 aliphatic carbocycles. The van der Waals surface area contributed by atoms with E-state index in [1.54, 1.807) is 0 Å². The quantitative estimate of drug-likeness (QED) is 0.518. The van der Waals surface area contributed by atoms with Crippen molar-refractivity contribution in [3.63, 3.8) is 0 Å². The Morgan fingerprint density at radius 1 is 1.42 bits per heavy atom. The molecule has 0 radical (unpaired) electrons. The molecule has 1 N–H and O–H groups in total. The van der Waals surface area contributed by atoms with Crippen molar-refractivity contribution in [2.75, 3.05) is 39.6 Å². The summed E-state index contributed by atoms with van der Waals surface area (Å²) in [4.78, 5) is 12.6. The summed E-state index contributed by atoms with van der Waals surface area (Å²) in [6.07, 6.45) is 0. The summed E-state index contributed by atoms with van der Waals surface area (Å²) in [5, 5.41) is 17.2. The summed E-state index contributed by atoms with van der Waals surface area (Å²) in [6, 6.07) is 0. The lowest BCUT2D eigenvalue weighted by Gasteiger charge is -2.11. The smallest absolute Gasteiger partial charge is 0.313 e. The van der Waals surface area contributed by atoms with Crippen LogP contribution in [0.3, 0.4) is 0 Å². The maximum atomic E-state index is 10.5. The lowest BCUT2D eigenvalue weighted by molar-refractivity contribution is -0.133. The third kappa shape index (κ3) is 6.04. The van der Waals surface area contributed by atoms with Gasteiger partial charge in [-0.3, -0.25) is 4.79 Å². The highest BCUT2D eigenvalue weighted by molar-refractivity contribution is 7.99.